The molecular formula is C31H38N2O5S2. The summed E-state index contributed by atoms with van der Waals surface area (Å²) in [6.07, 6.45) is 5.02. The normalized spacial score (nSPS) is 18.6. The number of methoxy groups -OCH3 is 2. The number of carbonyl (C=O) groups excluding carboxylic acids is 1. The SMILES string of the molecule is CCCCC1(CC)CN(c2ccccc2)c2cc(SC)c(C(=O)OC)cc2S(=O)(=O)N1Cc1ccc(OC)cc1. The number of hydrogen-bond donors (Lipinski definition) is 0. The average molecular weight is 583 g/mol. The van der Waals surface area contributed by atoms with Crippen LogP contribution in [0.25, 0.3) is 0 Å². The molecule has 0 saturated carbocycles. The van der Waals surface area contributed by atoms with Crippen molar-refractivity contribution in [1.82, 2.24) is 4.31 Å². The van der Waals surface area contributed by atoms with Gasteiger partial charge in [-0.3, -0.25) is 0 Å². The molecule has 214 valence electrons. The quantitative estimate of drug-likeness (QED) is 0.190. The zero-order valence-corrected chi connectivity index (χ0v) is 25.5. The Hall–Kier alpha value is -3.01. The molecule has 0 aromatic heterocycles. The van der Waals surface area contributed by atoms with Crippen LogP contribution in [0.4, 0.5) is 11.4 Å². The zero-order valence-electron chi connectivity index (χ0n) is 23.8. The number of sulfonamides is 1. The first-order valence-electron chi connectivity index (χ1n) is 13.5. The van der Waals surface area contributed by atoms with E-state index < -0.39 is 21.5 Å². The van der Waals surface area contributed by atoms with Crippen LogP contribution in [0.15, 0.2) is 76.5 Å². The van der Waals surface area contributed by atoms with E-state index in [-0.39, 0.29) is 17.0 Å². The van der Waals surface area contributed by atoms with E-state index in [2.05, 4.69) is 18.7 Å². The number of fused-ring (bicyclic) bond motifs is 1. The Morgan fingerprint density at radius 3 is 2.30 bits per heavy atom. The highest BCUT2D eigenvalue weighted by atomic mass is 32.2. The van der Waals surface area contributed by atoms with E-state index in [0.29, 0.717) is 35.7 Å². The van der Waals surface area contributed by atoms with Crippen LogP contribution in [-0.4, -0.2) is 51.3 Å². The lowest BCUT2D eigenvalue weighted by molar-refractivity contribution is 0.0596. The van der Waals surface area contributed by atoms with E-state index in [1.54, 1.807) is 11.4 Å². The molecule has 1 heterocycles. The minimum Gasteiger partial charge on any atom is -0.497 e. The predicted octanol–water partition coefficient (Wildman–Crippen LogP) is 6.89. The van der Waals surface area contributed by atoms with Gasteiger partial charge in [0.2, 0.25) is 10.0 Å². The van der Waals surface area contributed by atoms with Crippen LogP contribution < -0.4 is 9.64 Å². The number of thioether (sulfide) groups is 1. The van der Waals surface area contributed by atoms with Crippen molar-refractivity contribution in [3.05, 3.63) is 77.9 Å². The van der Waals surface area contributed by atoms with Crippen LogP contribution in [0.3, 0.4) is 0 Å². The van der Waals surface area contributed by atoms with Gasteiger partial charge in [-0.15, -0.1) is 11.8 Å². The molecule has 1 unspecified atom stereocenters. The number of nitrogens with zero attached hydrogens (tertiary/aromatic N) is 2. The van der Waals surface area contributed by atoms with Gasteiger partial charge in [-0.1, -0.05) is 57.0 Å². The summed E-state index contributed by atoms with van der Waals surface area (Å²) in [5, 5.41) is 0. The first-order chi connectivity index (χ1) is 19.2. The number of para-hydroxylation sites is 1. The third-order valence-electron chi connectivity index (χ3n) is 7.73. The molecule has 1 aliphatic heterocycles. The van der Waals surface area contributed by atoms with Gasteiger partial charge < -0.3 is 14.4 Å². The van der Waals surface area contributed by atoms with E-state index in [0.717, 1.165) is 24.1 Å². The summed E-state index contributed by atoms with van der Waals surface area (Å²) in [6, 6.07) is 20.7. The fourth-order valence-electron chi connectivity index (χ4n) is 5.40. The van der Waals surface area contributed by atoms with Gasteiger partial charge in [0, 0.05) is 23.7 Å². The number of rotatable bonds is 10. The topological polar surface area (TPSA) is 76.2 Å². The van der Waals surface area contributed by atoms with Crippen molar-refractivity contribution in [2.75, 3.05) is 31.9 Å². The average Bonchev–Trinajstić information content (AvgIpc) is 3.07. The summed E-state index contributed by atoms with van der Waals surface area (Å²) in [6.45, 7) is 4.86. The number of carbonyl (C=O) groups is 1. The molecule has 1 atom stereocenters. The molecule has 0 saturated heterocycles. The molecule has 1 aliphatic rings. The molecular weight excluding hydrogens is 544 g/mol. The molecule has 0 spiro atoms. The highest BCUT2D eigenvalue weighted by Gasteiger charge is 2.48. The van der Waals surface area contributed by atoms with Gasteiger partial charge in [-0.2, -0.15) is 4.31 Å². The maximum absolute atomic E-state index is 14.8. The van der Waals surface area contributed by atoms with E-state index in [1.165, 1.54) is 24.9 Å². The number of unbranched alkanes of at least 4 members (excludes halogenated alkanes) is 1. The number of benzene rings is 3. The van der Waals surface area contributed by atoms with Crippen molar-refractivity contribution >= 4 is 39.1 Å². The van der Waals surface area contributed by atoms with Crippen molar-refractivity contribution < 1.29 is 22.7 Å². The maximum Gasteiger partial charge on any atom is 0.339 e. The summed E-state index contributed by atoms with van der Waals surface area (Å²) in [5.74, 6) is 0.149. The highest BCUT2D eigenvalue weighted by molar-refractivity contribution is 7.98. The van der Waals surface area contributed by atoms with Crippen LogP contribution >= 0.6 is 11.8 Å². The molecule has 3 aromatic rings. The molecule has 0 amide bonds. The number of esters is 1. The maximum atomic E-state index is 14.8. The monoisotopic (exact) mass is 582 g/mol. The van der Waals surface area contributed by atoms with Crippen molar-refractivity contribution in [2.24, 2.45) is 0 Å². The predicted molar refractivity (Wildman–Crippen MR) is 161 cm³/mol. The van der Waals surface area contributed by atoms with Gasteiger partial charge >= 0.3 is 5.97 Å². The minimum absolute atomic E-state index is 0.106. The van der Waals surface area contributed by atoms with Gasteiger partial charge in [0.15, 0.2) is 0 Å². The van der Waals surface area contributed by atoms with Crippen molar-refractivity contribution in [2.45, 2.75) is 61.4 Å². The third-order valence-corrected chi connectivity index (χ3v) is 10.5. The van der Waals surface area contributed by atoms with Gasteiger partial charge in [0.05, 0.1) is 31.0 Å². The van der Waals surface area contributed by atoms with Gasteiger partial charge in [0.1, 0.15) is 10.6 Å². The fraction of sp³-hybridized carbons (Fsp3) is 0.387. The molecule has 0 fully saturated rings. The number of hydrogen-bond acceptors (Lipinski definition) is 7. The minimum atomic E-state index is -4.07. The third kappa shape index (κ3) is 5.73. The largest absolute Gasteiger partial charge is 0.497 e. The molecule has 0 bridgehead atoms. The Labute approximate surface area is 242 Å². The molecule has 0 N–H and O–H groups in total. The first-order valence-corrected chi connectivity index (χ1v) is 16.2. The second-order valence-corrected chi connectivity index (χ2v) is 12.7. The zero-order chi connectivity index (χ0) is 28.9. The first kappa shape index (κ1) is 30.0. The van der Waals surface area contributed by atoms with Crippen molar-refractivity contribution in [3.63, 3.8) is 0 Å². The standard InChI is InChI=1S/C31H38N2O5S2/c1-6-8-18-31(7-2)22-32(24-12-10-9-11-13-24)27-20-28(39-5)26(30(34)38-4)19-29(27)40(35,36)33(31)21-23-14-16-25(37-3)17-15-23/h9-17,19-20H,6-8,18,21-22H2,1-5H3. The fourth-order valence-corrected chi connectivity index (χ4v) is 8.04. The Balaban J connectivity index is 2.02. The lowest BCUT2D eigenvalue weighted by Crippen LogP contribution is -2.54. The number of ether oxygens (including phenoxy) is 2. The van der Waals surface area contributed by atoms with E-state index in [9.17, 15) is 13.2 Å². The van der Waals surface area contributed by atoms with Gasteiger partial charge in [0.25, 0.3) is 0 Å². The van der Waals surface area contributed by atoms with Crippen LogP contribution in [0.5, 0.6) is 5.75 Å². The summed E-state index contributed by atoms with van der Waals surface area (Å²) in [4.78, 5) is 15.7. The van der Waals surface area contributed by atoms with Crippen LogP contribution in [0.1, 0.15) is 55.5 Å². The summed E-state index contributed by atoms with van der Waals surface area (Å²) in [7, 11) is -1.15. The van der Waals surface area contributed by atoms with E-state index in [4.69, 9.17) is 9.47 Å². The van der Waals surface area contributed by atoms with E-state index >= 15 is 0 Å². The highest BCUT2D eigenvalue weighted by Crippen LogP contribution is 2.46. The molecule has 0 aliphatic carbocycles. The smallest absolute Gasteiger partial charge is 0.339 e. The summed E-state index contributed by atoms with van der Waals surface area (Å²) < 4.78 is 41.8. The molecule has 3 aromatic carbocycles. The number of anilines is 2. The van der Waals surface area contributed by atoms with E-state index in [1.807, 2.05) is 66.9 Å². The van der Waals surface area contributed by atoms with Gasteiger partial charge in [-0.05, 0) is 61.1 Å². The molecule has 4 rings (SSSR count). The molecule has 40 heavy (non-hydrogen) atoms. The summed E-state index contributed by atoms with van der Waals surface area (Å²) >= 11 is 1.39. The Kier molecular flexibility index (Phi) is 9.48. The second kappa shape index (κ2) is 12.7. The van der Waals surface area contributed by atoms with Crippen LogP contribution in [-0.2, 0) is 21.3 Å². The van der Waals surface area contributed by atoms with Crippen LogP contribution in [0.2, 0.25) is 0 Å². The Bertz CT molecular complexity index is 1430. The second-order valence-electron chi connectivity index (χ2n) is 9.97. The van der Waals surface area contributed by atoms with Crippen molar-refractivity contribution in [3.8, 4) is 5.75 Å². The van der Waals surface area contributed by atoms with Crippen molar-refractivity contribution in [1.29, 1.82) is 0 Å². The Morgan fingerprint density at radius 2 is 1.73 bits per heavy atom. The Morgan fingerprint density at radius 1 is 1.02 bits per heavy atom. The molecule has 7 nitrogen and oxygen atoms in total. The lowest BCUT2D eigenvalue weighted by atomic mass is 9.88. The van der Waals surface area contributed by atoms with Crippen LogP contribution in [0, 0.1) is 0 Å². The molecule has 9 heteroatoms. The van der Waals surface area contributed by atoms with Gasteiger partial charge in [-0.25, -0.2) is 13.2 Å². The lowest BCUT2D eigenvalue weighted by Gasteiger charge is -2.43. The summed E-state index contributed by atoms with van der Waals surface area (Å²) in [5.41, 5.74) is 1.87. The molecule has 0 radical (unpaired) electrons.